The third-order valence-electron chi connectivity index (χ3n) is 4.63. The summed E-state index contributed by atoms with van der Waals surface area (Å²) in [5, 5.41) is 10.1. The molecular weight excluding hydrogens is 312 g/mol. The average molecular weight is 331 g/mol. The maximum atomic E-state index is 6.02. The fraction of sp³-hybridized carbons (Fsp3) is 0.412. The molecule has 4 rings (SSSR count). The number of hydrogen-bond acceptors (Lipinski definition) is 4. The number of halogens is 1. The number of fused-ring (bicyclic) bond motifs is 1. The summed E-state index contributed by atoms with van der Waals surface area (Å²) in [4.78, 5) is 3.29. The molecule has 0 saturated heterocycles. The molecule has 1 aliphatic carbocycles. The van der Waals surface area contributed by atoms with Crippen molar-refractivity contribution in [2.75, 3.05) is 0 Å². The van der Waals surface area contributed by atoms with E-state index in [1.165, 1.54) is 0 Å². The van der Waals surface area contributed by atoms with Gasteiger partial charge in [-0.1, -0.05) is 11.6 Å². The van der Waals surface area contributed by atoms with Crippen LogP contribution in [0.15, 0.2) is 28.7 Å². The number of rotatable bonds is 3. The Morgan fingerprint density at radius 1 is 1.17 bits per heavy atom. The fourth-order valence-electron chi connectivity index (χ4n) is 3.30. The molecule has 2 heterocycles. The zero-order valence-corrected chi connectivity index (χ0v) is 13.5. The van der Waals surface area contributed by atoms with Crippen LogP contribution in [-0.2, 0) is 6.42 Å². The molecule has 1 saturated carbocycles. The second-order valence-electron chi connectivity index (χ2n) is 6.40. The maximum Gasteiger partial charge on any atom is 0.264 e. The van der Waals surface area contributed by atoms with Crippen LogP contribution in [0.3, 0.4) is 0 Å². The first-order valence-corrected chi connectivity index (χ1v) is 8.42. The van der Waals surface area contributed by atoms with Gasteiger partial charge in [0.15, 0.2) is 0 Å². The molecule has 1 aliphatic rings. The van der Waals surface area contributed by atoms with Crippen molar-refractivity contribution < 1.29 is 4.42 Å². The van der Waals surface area contributed by atoms with Crippen LogP contribution in [0.4, 0.5) is 0 Å². The summed E-state index contributed by atoms with van der Waals surface area (Å²) in [6, 6.07) is 8.07. The lowest BCUT2D eigenvalue weighted by molar-refractivity contribution is 0.305. The van der Waals surface area contributed by atoms with E-state index in [-0.39, 0.29) is 0 Å². The first kappa shape index (κ1) is 14.7. The van der Waals surface area contributed by atoms with Gasteiger partial charge in [-0.15, -0.1) is 10.2 Å². The Balaban J connectivity index is 1.52. The Morgan fingerprint density at radius 3 is 2.83 bits per heavy atom. The van der Waals surface area contributed by atoms with Crippen LogP contribution in [0.5, 0.6) is 0 Å². The van der Waals surface area contributed by atoms with Gasteiger partial charge in [0, 0.05) is 28.4 Å². The van der Waals surface area contributed by atoms with Crippen LogP contribution in [0.25, 0.3) is 22.5 Å². The molecular formula is C17H19ClN4O. The van der Waals surface area contributed by atoms with Gasteiger partial charge in [-0.25, -0.2) is 0 Å². The Morgan fingerprint density at radius 2 is 2.00 bits per heavy atom. The van der Waals surface area contributed by atoms with Crippen molar-refractivity contribution in [1.82, 2.24) is 15.2 Å². The van der Waals surface area contributed by atoms with E-state index in [0.717, 1.165) is 48.7 Å². The van der Waals surface area contributed by atoms with E-state index in [2.05, 4.69) is 15.2 Å². The molecule has 0 unspecified atom stereocenters. The van der Waals surface area contributed by atoms with E-state index in [1.807, 2.05) is 24.3 Å². The minimum atomic E-state index is 0.364. The molecule has 0 amide bonds. The summed E-state index contributed by atoms with van der Waals surface area (Å²) in [7, 11) is 0. The molecule has 23 heavy (non-hydrogen) atoms. The monoisotopic (exact) mass is 330 g/mol. The standard InChI is InChI=1S/C17H19ClN4O/c18-12-3-6-14-11(8-12)9-15(20-14)17-22-21-16(23-17)7-10-1-4-13(19)5-2-10/h3,6,8-10,13,20H,1-2,4-5,7,19H2. The maximum absolute atomic E-state index is 6.02. The smallest absolute Gasteiger partial charge is 0.264 e. The van der Waals surface area contributed by atoms with Crippen molar-refractivity contribution in [3.8, 4) is 11.6 Å². The van der Waals surface area contributed by atoms with Crippen molar-refractivity contribution in [3.63, 3.8) is 0 Å². The quantitative estimate of drug-likeness (QED) is 0.762. The lowest BCUT2D eigenvalue weighted by Crippen LogP contribution is -2.27. The van der Waals surface area contributed by atoms with Gasteiger partial charge in [0.05, 0.1) is 0 Å². The minimum Gasteiger partial charge on any atom is -0.419 e. The first-order chi connectivity index (χ1) is 11.2. The average Bonchev–Trinajstić information content (AvgIpc) is 3.15. The van der Waals surface area contributed by atoms with E-state index in [1.54, 1.807) is 0 Å². The van der Waals surface area contributed by atoms with E-state index in [9.17, 15) is 0 Å². The highest BCUT2D eigenvalue weighted by Gasteiger charge is 2.21. The summed E-state index contributed by atoms with van der Waals surface area (Å²) in [6.45, 7) is 0. The molecule has 0 spiro atoms. The highest BCUT2D eigenvalue weighted by Crippen LogP contribution is 2.28. The lowest BCUT2D eigenvalue weighted by atomic mass is 9.84. The number of aromatic nitrogens is 3. The highest BCUT2D eigenvalue weighted by molar-refractivity contribution is 6.31. The third-order valence-corrected chi connectivity index (χ3v) is 4.87. The number of benzene rings is 1. The van der Waals surface area contributed by atoms with Crippen molar-refractivity contribution in [2.45, 2.75) is 38.1 Å². The molecule has 1 fully saturated rings. The Labute approximate surface area is 139 Å². The SMILES string of the molecule is NC1CCC(Cc2nnc(-c3cc4cc(Cl)ccc4[nH]3)o2)CC1. The predicted molar refractivity (Wildman–Crippen MR) is 90.2 cm³/mol. The van der Waals surface area contributed by atoms with Gasteiger partial charge in [0.2, 0.25) is 5.89 Å². The molecule has 0 aliphatic heterocycles. The van der Waals surface area contributed by atoms with Crippen LogP contribution in [0, 0.1) is 5.92 Å². The summed E-state index contributed by atoms with van der Waals surface area (Å²) < 4.78 is 5.84. The normalized spacial score (nSPS) is 21.8. The molecule has 0 radical (unpaired) electrons. The van der Waals surface area contributed by atoms with Crippen LogP contribution in [0.1, 0.15) is 31.6 Å². The Kier molecular flexibility index (Phi) is 3.83. The van der Waals surface area contributed by atoms with E-state index in [4.69, 9.17) is 21.8 Å². The van der Waals surface area contributed by atoms with Gasteiger partial charge in [-0.3, -0.25) is 0 Å². The topological polar surface area (TPSA) is 80.7 Å². The zero-order valence-electron chi connectivity index (χ0n) is 12.8. The molecule has 0 atom stereocenters. The van der Waals surface area contributed by atoms with Gasteiger partial charge in [0.1, 0.15) is 5.69 Å². The van der Waals surface area contributed by atoms with Crippen LogP contribution in [0.2, 0.25) is 5.02 Å². The van der Waals surface area contributed by atoms with Gasteiger partial charge in [0.25, 0.3) is 5.89 Å². The van der Waals surface area contributed by atoms with Crippen LogP contribution >= 0.6 is 11.6 Å². The largest absolute Gasteiger partial charge is 0.419 e. The molecule has 3 aromatic rings. The fourth-order valence-corrected chi connectivity index (χ4v) is 3.48. The third kappa shape index (κ3) is 3.12. The van der Waals surface area contributed by atoms with Crippen molar-refractivity contribution >= 4 is 22.5 Å². The van der Waals surface area contributed by atoms with E-state index < -0.39 is 0 Å². The molecule has 120 valence electrons. The number of hydrogen-bond donors (Lipinski definition) is 2. The van der Waals surface area contributed by atoms with E-state index in [0.29, 0.717) is 28.8 Å². The van der Waals surface area contributed by atoms with Crippen LogP contribution in [-0.4, -0.2) is 21.2 Å². The molecule has 0 bridgehead atoms. The highest BCUT2D eigenvalue weighted by atomic mass is 35.5. The second kappa shape index (κ2) is 5.98. The number of nitrogens with two attached hydrogens (primary N) is 1. The van der Waals surface area contributed by atoms with Gasteiger partial charge in [-0.05, 0) is 55.9 Å². The number of nitrogens with one attached hydrogen (secondary N) is 1. The van der Waals surface area contributed by atoms with Gasteiger partial charge >= 0.3 is 0 Å². The molecule has 3 N–H and O–H groups in total. The Hall–Kier alpha value is -1.85. The van der Waals surface area contributed by atoms with Crippen molar-refractivity contribution in [3.05, 3.63) is 35.2 Å². The van der Waals surface area contributed by atoms with Gasteiger partial charge in [-0.2, -0.15) is 0 Å². The predicted octanol–water partition coefficient (Wildman–Crippen LogP) is 3.93. The van der Waals surface area contributed by atoms with Crippen molar-refractivity contribution in [2.24, 2.45) is 11.7 Å². The number of nitrogens with zero attached hydrogens (tertiary/aromatic N) is 2. The molecule has 5 nitrogen and oxygen atoms in total. The summed E-state index contributed by atoms with van der Waals surface area (Å²) in [5.41, 5.74) is 7.78. The Bertz CT molecular complexity index is 817. The summed E-state index contributed by atoms with van der Waals surface area (Å²) >= 11 is 6.02. The number of aromatic amines is 1. The first-order valence-electron chi connectivity index (χ1n) is 8.04. The molecule has 6 heteroatoms. The molecule has 1 aromatic carbocycles. The minimum absolute atomic E-state index is 0.364. The molecule has 2 aromatic heterocycles. The van der Waals surface area contributed by atoms with Gasteiger partial charge < -0.3 is 15.1 Å². The van der Waals surface area contributed by atoms with Crippen molar-refractivity contribution in [1.29, 1.82) is 0 Å². The van der Waals surface area contributed by atoms with E-state index >= 15 is 0 Å². The summed E-state index contributed by atoms with van der Waals surface area (Å²) in [6.07, 6.45) is 5.31. The second-order valence-corrected chi connectivity index (χ2v) is 6.84. The summed E-state index contributed by atoms with van der Waals surface area (Å²) in [5.74, 6) is 1.83. The van der Waals surface area contributed by atoms with Crippen LogP contribution < -0.4 is 5.73 Å². The number of H-pyrrole nitrogens is 1. The lowest BCUT2D eigenvalue weighted by Gasteiger charge is -2.24. The zero-order chi connectivity index (χ0) is 15.8.